The van der Waals surface area contributed by atoms with E-state index in [1.807, 2.05) is 37.4 Å². The first-order valence-electron chi connectivity index (χ1n) is 8.66. The number of nitrogens with zero attached hydrogens (tertiary/aromatic N) is 1. The third-order valence-corrected chi connectivity index (χ3v) is 4.21. The zero-order valence-electron chi connectivity index (χ0n) is 14.8. The van der Waals surface area contributed by atoms with Crippen molar-refractivity contribution in [2.75, 3.05) is 26.3 Å². The molecule has 2 N–H and O–H groups in total. The number of aromatic nitrogens is 1. The van der Waals surface area contributed by atoms with Crippen LogP contribution in [0.3, 0.4) is 0 Å². The highest BCUT2D eigenvalue weighted by Gasteiger charge is 2.21. The van der Waals surface area contributed by atoms with Crippen LogP contribution in [-0.2, 0) is 20.7 Å². The van der Waals surface area contributed by atoms with Gasteiger partial charge >= 0.3 is 5.97 Å². The van der Waals surface area contributed by atoms with Gasteiger partial charge in [-0.2, -0.15) is 0 Å². The maximum Gasteiger partial charge on any atom is 0.308 e. The number of ether oxygens (including phenoxy) is 1. The van der Waals surface area contributed by atoms with Crippen LogP contribution in [0.1, 0.15) is 25.8 Å². The molecule has 1 unspecified atom stereocenters. The van der Waals surface area contributed by atoms with Crippen molar-refractivity contribution in [1.29, 1.82) is 0 Å². The van der Waals surface area contributed by atoms with Crippen molar-refractivity contribution in [3.05, 3.63) is 36.0 Å². The molecule has 1 atom stereocenters. The zero-order chi connectivity index (χ0) is 18.2. The van der Waals surface area contributed by atoms with Gasteiger partial charge in [-0.05, 0) is 25.0 Å². The maximum absolute atomic E-state index is 12.8. The number of hydrogen-bond acceptors (Lipinski definition) is 3. The third-order valence-electron chi connectivity index (χ3n) is 4.21. The SMILES string of the molecule is CCOCCCN(CC(C)C(=O)O)C(=O)Cc1c[nH]c2ccccc12. The van der Waals surface area contributed by atoms with Crippen LogP contribution in [-0.4, -0.2) is 53.2 Å². The number of benzene rings is 1. The van der Waals surface area contributed by atoms with E-state index in [2.05, 4.69) is 4.98 Å². The van der Waals surface area contributed by atoms with Crippen molar-refractivity contribution in [3.8, 4) is 0 Å². The summed E-state index contributed by atoms with van der Waals surface area (Å²) in [5.74, 6) is -1.55. The Labute approximate surface area is 147 Å². The fourth-order valence-electron chi connectivity index (χ4n) is 2.78. The van der Waals surface area contributed by atoms with Crippen LogP contribution in [0.4, 0.5) is 0 Å². The van der Waals surface area contributed by atoms with Gasteiger partial charge in [-0.3, -0.25) is 9.59 Å². The largest absolute Gasteiger partial charge is 0.481 e. The van der Waals surface area contributed by atoms with Gasteiger partial charge in [-0.1, -0.05) is 25.1 Å². The molecule has 0 saturated heterocycles. The molecule has 6 nitrogen and oxygen atoms in total. The molecular formula is C19H26N2O4. The van der Waals surface area contributed by atoms with Crippen LogP contribution in [0.2, 0.25) is 0 Å². The average molecular weight is 346 g/mol. The van der Waals surface area contributed by atoms with Crippen molar-refractivity contribution in [1.82, 2.24) is 9.88 Å². The van der Waals surface area contributed by atoms with Crippen LogP contribution in [0.25, 0.3) is 10.9 Å². The molecule has 0 bridgehead atoms. The molecule has 0 spiro atoms. The van der Waals surface area contributed by atoms with Crippen LogP contribution in [0.15, 0.2) is 30.5 Å². The number of H-pyrrole nitrogens is 1. The molecule has 2 rings (SSSR count). The first-order chi connectivity index (χ1) is 12.0. The molecule has 0 aliphatic rings. The summed E-state index contributed by atoms with van der Waals surface area (Å²) in [5.41, 5.74) is 1.92. The molecule has 136 valence electrons. The van der Waals surface area contributed by atoms with E-state index >= 15 is 0 Å². The van der Waals surface area contributed by atoms with Gasteiger partial charge in [0.2, 0.25) is 5.91 Å². The molecule has 1 amide bonds. The summed E-state index contributed by atoms with van der Waals surface area (Å²) in [4.78, 5) is 28.7. The highest BCUT2D eigenvalue weighted by molar-refractivity contribution is 5.89. The van der Waals surface area contributed by atoms with E-state index in [0.717, 1.165) is 16.5 Å². The van der Waals surface area contributed by atoms with E-state index in [1.165, 1.54) is 0 Å². The molecular weight excluding hydrogens is 320 g/mol. The first kappa shape index (κ1) is 19.0. The Morgan fingerprint density at radius 2 is 2.08 bits per heavy atom. The number of amides is 1. The van der Waals surface area contributed by atoms with E-state index in [4.69, 9.17) is 9.84 Å². The molecule has 6 heteroatoms. The van der Waals surface area contributed by atoms with Gasteiger partial charge in [0.25, 0.3) is 0 Å². The molecule has 25 heavy (non-hydrogen) atoms. The first-order valence-corrected chi connectivity index (χ1v) is 8.66. The van der Waals surface area contributed by atoms with Crippen molar-refractivity contribution < 1.29 is 19.4 Å². The Bertz CT molecular complexity index is 710. The number of aromatic amines is 1. The second kappa shape index (κ2) is 9.22. The van der Waals surface area contributed by atoms with E-state index in [0.29, 0.717) is 26.2 Å². The van der Waals surface area contributed by atoms with Crippen LogP contribution < -0.4 is 0 Å². The lowest BCUT2D eigenvalue weighted by molar-refractivity contribution is -0.143. The lowest BCUT2D eigenvalue weighted by Gasteiger charge is -2.24. The Morgan fingerprint density at radius 3 is 2.80 bits per heavy atom. The predicted molar refractivity (Wildman–Crippen MR) is 96.5 cm³/mol. The molecule has 2 aromatic rings. The highest BCUT2D eigenvalue weighted by atomic mass is 16.5. The molecule has 0 saturated carbocycles. The number of hydrogen-bond donors (Lipinski definition) is 2. The highest BCUT2D eigenvalue weighted by Crippen LogP contribution is 2.19. The topological polar surface area (TPSA) is 82.6 Å². The normalized spacial score (nSPS) is 12.2. The smallest absolute Gasteiger partial charge is 0.308 e. The summed E-state index contributed by atoms with van der Waals surface area (Å²) in [5, 5.41) is 10.2. The summed E-state index contributed by atoms with van der Waals surface area (Å²) in [6, 6.07) is 7.83. The molecule has 0 aliphatic carbocycles. The Balaban J connectivity index is 2.06. The van der Waals surface area contributed by atoms with Crippen LogP contribution in [0, 0.1) is 5.92 Å². The van der Waals surface area contributed by atoms with Crippen molar-refractivity contribution in [2.45, 2.75) is 26.7 Å². The number of para-hydroxylation sites is 1. The summed E-state index contributed by atoms with van der Waals surface area (Å²) in [6.45, 7) is 5.45. The number of rotatable bonds is 10. The summed E-state index contributed by atoms with van der Waals surface area (Å²) in [6.07, 6.45) is 2.80. The zero-order valence-corrected chi connectivity index (χ0v) is 14.8. The summed E-state index contributed by atoms with van der Waals surface area (Å²) < 4.78 is 5.32. The fourth-order valence-corrected chi connectivity index (χ4v) is 2.78. The van der Waals surface area contributed by atoms with Gasteiger partial charge in [-0.15, -0.1) is 0 Å². The second-order valence-electron chi connectivity index (χ2n) is 6.17. The number of carbonyl (C=O) groups excluding carboxylic acids is 1. The van der Waals surface area contributed by atoms with Crippen LogP contribution in [0.5, 0.6) is 0 Å². The van der Waals surface area contributed by atoms with Crippen molar-refractivity contribution in [2.24, 2.45) is 5.92 Å². The lowest BCUT2D eigenvalue weighted by Crippen LogP contribution is -2.38. The number of nitrogens with one attached hydrogen (secondary N) is 1. The Morgan fingerprint density at radius 1 is 1.32 bits per heavy atom. The average Bonchev–Trinajstić information content (AvgIpc) is 3.00. The third kappa shape index (κ3) is 5.32. The minimum atomic E-state index is -0.894. The van der Waals surface area contributed by atoms with E-state index in [-0.39, 0.29) is 18.9 Å². The second-order valence-corrected chi connectivity index (χ2v) is 6.17. The number of aliphatic carboxylic acids is 1. The van der Waals surface area contributed by atoms with Crippen LogP contribution >= 0.6 is 0 Å². The quantitative estimate of drug-likeness (QED) is 0.648. The van der Waals surface area contributed by atoms with Gasteiger partial charge in [0, 0.05) is 43.4 Å². The fraction of sp³-hybridized carbons (Fsp3) is 0.474. The van der Waals surface area contributed by atoms with Gasteiger partial charge in [0.15, 0.2) is 0 Å². The minimum absolute atomic E-state index is 0.0608. The molecule has 0 aliphatic heterocycles. The summed E-state index contributed by atoms with van der Waals surface area (Å²) >= 11 is 0. The Kier molecular flexibility index (Phi) is 7.01. The maximum atomic E-state index is 12.8. The van der Waals surface area contributed by atoms with Gasteiger partial charge < -0.3 is 19.7 Å². The van der Waals surface area contributed by atoms with Gasteiger partial charge in [-0.25, -0.2) is 0 Å². The van der Waals surface area contributed by atoms with Gasteiger partial charge in [0.05, 0.1) is 12.3 Å². The van der Waals surface area contributed by atoms with Crippen molar-refractivity contribution >= 4 is 22.8 Å². The standard InChI is InChI=1S/C19H26N2O4/c1-3-25-10-6-9-21(13-14(2)19(23)24)18(22)11-15-12-20-17-8-5-4-7-16(15)17/h4-5,7-8,12,14,20H,3,6,9-11,13H2,1-2H3,(H,23,24). The predicted octanol–water partition coefficient (Wildman–Crippen LogP) is 2.69. The number of carbonyl (C=O) groups is 2. The minimum Gasteiger partial charge on any atom is -0.481 e. The summed E-state index contributed by atoms with van der Waals surface area (Å²) in [7, 11) is 0. The molecule has 1 aromatic carbocycles. The Hall–Kier alpha value is -2.34. The van der Waals surface area contributed by atoms with E-state index in [9.17, 15) is 9.59 Å². The van der Waals surface area contributed by atoms with Crippen molar-refractivity contribution in [3.63, 3.8) is 0 Å². The number of carboxylic acid groups (broad SMARTS) is 1. The van der Waals surface area contributed by atoms with E-state index in [1.54, 1.807) is 11.8 Å². The molecule has 0 fully saturated rings. The molecule has 1 aromatic heterocycles. The molecule has 0 radical (unpaired) electrons. The monoisotopic (exact) mass is 346 g/mol. The number of carboxylic acids is 1. The van der Waals surface area contributed by atoms with Gasteiger partial charge in [0.1, 0.15) is 0 Å². The number of fused-ring (bicyclic) bond motifs is 1. The molecule has 1 heterocycles. The van der Waals surface area contributed by atoms with E-state index < -0.39 is 11.9 Å². The lowest BCUT2D eigenvalue weighted by atomic mass is 10.1.